The highest BCUT2D eigenvalue weighted by Crippen LogP contribution is 2.27. The van der Waals surface area contributed by atoms with Gasteiger partial charge in [0.1, 0.15) is 5.41 Å². The van der Waals surface area contributed by atoms with E-state index in [1.807, 2.05) is 0 Å². The lowest BCUT2D eigenvalue weighted by molar-refractivity contribution is -0.142. The zero-order valence-corrected chi connectivity index (χ0v) is 10.0. The van der Waals surface area contributed by atoms with E-state index >= 15 is 0 Å². The normalized spacial score (nSPS) is 11.4. The highest BCUT2D eigenvalue weighted by atomic mass is 32.1. The lowest BCUT2D eigenvalue weighted by Gasteiger charge is -2.15. The number of anilines is 1. The van der Waals surface area contributed by atoms with Crippen molar-refractivity contribution in [2.45, 2.75) is 32.6 Å². The van der Waals surface area contributed by atoms with E-state index in [2.05, 4.69) is 17.2 Å². The molecule has 0 bridgehead atoms. The Labute approximate surface area is 93.4 Å². The van der Waals surface area contributed by atoms with Crippen LogP contribution in [-0.2, 0) is 10.2 Å². The van der Waals surface area contributed by atoms with Gasteiger partial charge in [-0.1, -0.05) is 6.92 Å². The molecule has 84 valence electrons. The molecule has 0 atom stereocenters. The fourth-order valence-corrected chi connectivity index (χ4v) is 1.89. The Morgan fingerprint density at radius 3 is 2.87 bits per heavy atom. The molecule has 0 aliphatic heterocycles. The molecule has 0 amide bonds. The van der Waals surface area contributed by atoms with Gasteiger partial charge in [-0.2, -0.15) is 0 Å². The summed E-state index contributed by atoms with van der Waals surface area (Å²) < 4.78 is 0. The summed E-state index contributed by atoms with van der Waals surface area (Å²) in [6, 6.07) is 0. The number of thiazole rings is 1. The molecule has 0 radical (unpaired) electrons. The summed E-state index contributed by atoms with van der Waals surface area (Å²) in [5, 5.41) is 14.8. The quantitative estimate of drug-likeness (QED) is 0.812. The maximum Gasteiger partial charge on any atom is 0.315 e. The molecule has 4 nitrogen and oxygen atoms in total. The van der Waals surface area contributed by atoms with Crippen molar-refractivity contribution in [1.82, 2.24) is 4.98 Å². The van der Waals surface area contributed by atoms with Crippen LogP contribution in [0.5, 0.6) is 0 Å². The predicted octanol–water partition coefficient (Wildman–Crippen LogP) is 2.33. The Morgan fingerprint density at radius 2 is 2.33 bits per heavy atom. The highest BCUT2D eigenvalue weighted by Gasteiger charge is 2.32. The maximum absolute atomic E-state index is 11.0. The third-order valence-corrected chi connectivity index (χ3v) is 3.01. The molecular formula is C10H16N2O2S. The van der Waals surface area contributed by atoms with Gasteiger partial charge < -0.3 is 10.4 Å². The third-order valence-electron chi connectivity index (χ3n) is 2.21. The molecule has 0 saturated carbocycles. The zero-order chi connectivity index (χ0) is 11.5. The molecule has 0 aliphatic rings. The van der Waals surface area contributed by atoms with Gasteiger partial charge in [0, 0.05) is 11.9 Å². The van der Waals surface area contributed by atoms with Crippen LogP contribution >= 0.6 is 11.3 Å². The molecule has 0 aliphatic carbocycles. The van der Waals surface area contributed by atoms with Crippen molar-refractivity contribution in [3.63, 3.8) is 0 Å². The molecule has 0 fully saturated rings. The Bertz CT molecular complexity index is 347. The second-order valence-corrected chi connectivity index (χ2v) is 4.75. The van der Waals surface area contributed by atoms with Crippen LogP contribution in [0.15, 0.2) is 5.38 Å². The third kappa shape index (κ3) is 2.68. The number of hydrogen-bond donors (Lipinski definition) is 2. The minimum atomic E-state index is -0.914. The monoisotopic (exact) mass is 228 g/mol. The van der Waals surface area contributed by atoms with Gasteiger partial charge in [0.25, 0.3) is 0 Å². The molecule has 0 aromatic carbocycles. The first-order valence-corrected chi connectivity index (χ1v) is 5.79. The van der Waals surface area contributed by atoms with Gasteiger partial charge in [-0.25, -0.2) is 4.98 Å². The molecule has 0 unspecified atom stereocenters. The van der Waals surface area contributed by atoms with Gasteiger partial charge in [0.05, 0.1) is 5.69 Å². The fraction of sp³-hybridized carbons (Fsp3) is 0.600. The summed E-state index contributed by atoms with van der Waals surface area (Å²) >= 11 is 1.45. The number of rotatable bonds is 5. The minimum absolute atomic E-state index is 0.610. The topological polar surface area (TPSA) is 62.2 Å². The smallest absolute Gasteiger partial charge is 0.315 e. The molecule has 5 heteroatoms. The molecule has 1 rings (SSSR count). The number of nitrogens with zero attached hydrogens (tertiary/aromatic N) is 1. The molecule has 1 heterocycles. The lowest BCUT2D eigenvalue weighted by atomic mass is 9.90. The molecular weight excluding hydrogens is 212 g/mol. The van der Waals surface area contributed by atoms with E-state index in [0.29, 0.717) is 5.69 Å². The van der Waals surface area contributed by atoms with Crippen LogP contribution in [0.1, 0.15) is 32.9 Å². The number of aliphatic carboxylic acids is 1. The number of carboxylic acid groups (broad SMARTS) is 1. The van der Waals surface area contributed by atoms with Crippen molar-refractivity contribution in [3.8, 4) is 0 Å². The average Bonchev–Trinajstić information content (AvgIpc) is 2.63. The standard InChI is InChI=1S/C10H16N2O2S/c1-4-5-11-9-12-7(6-15-9)10(2,3)8(13)14/h6H,4-5H2,1-3H3,(H,11,12)(H,13,14). The SMILES string of the molecule is CCCNc1nc(C(C)(C)C(=O)O)cs1. The van der Waals surface area contributed by atoms with Crippen molar-refractivity contribution in [1.29, 1.82) is 0 Å². The molecule has 15 heavy (non-hydrogen) atoms. The second kappa shape index (κ2) is 4.61. The van der Waals surface area contributed by atoms with Crippen LogP contribution in [0.3, 0.4) is 0 Å². The summed E-state index contributed by atoms with van der Waals surface area (Å²) in [4.78, 5) is 15.3. The Balaban J connectivity index is 2.79. The molecule has 0 saturated heterocycles. The number of nitrogens with one attached hydrogen (secondary N) is 1. The average molecular weight is 228 g/mol. The summed E-state index contributed by atoms with van der Waals surface area (Å²) in [7, 11) is 0. The second-order valence-electron chi connectivity index (χ2n) is 3.89. The van der Waals surface area contributed by atoms with E-state index in [0.717, 1.165) is 18.1 Å². The first-order valence-electron chi connectivity index (χ1n) is 4.91. The molecule has 2 N–H and O–H groups in total. The summed E-state index contributed by atoms with van der Waals surface area (Å²) in [6.45, 7) is 6.26. The molecule has 1 aromatic rings. The summed E-state index contributed by atoms with van der Waals surface area (Å²) in [6.07, 6.45) is 1.03. The van der Waals surface area contributed by atoms with Crippen LogP contribution in [0.25, 0.3) is 0 Å². The lowest BCUT2D eigenvalue weighted by Crippen LogP contribution is -2.28. The number of hydrogen-bond acceptors (Lipinski definition) is 4. The van der Waals surface area contributed by atoms with Crippen molar-refractivity contribution < 1.29 is 9.90 Å². The van der Waals surface area contributed by atoms with Gasteiger partial charge in [0.15, 0.2) is 5.13 Å². The van der Waals surface area contributed by atoms with Gasteiger partial charge in [-0.05, 0) is 20.3 Å². The Morgan fingerprint density at radius 1 is 1.67 bits per heavy atom. The van der Waals surface area contributed by atoms with Crippen LogP contribution in [0.4, 0.5) is 5.13 Å². The van der Waals surface area contributed by atoms with Crippen molar-refractivity contribution in [2.75, 3.05) is 11.9 Å². The van der Waals surface area contributed by atoms with Crippen molar-refractivity contribution in [2.24, 2.45) is 0 Å². The van der Waals surface area contributed by atoms with Crippen LogP contribution in [-0.4, -0.2) is 22.6 Å². The van der Waals surface area contributed by atoms with Gasteiger partial charge in [-0.3, -0.25) is 4.79 Å². The number of aromatic nitrogens is 1. The predicted molar refractivity (Wildman–Crippen MR) is 61.6 cm³/mol. The molecule has 0 spiro atoms. The van der Waals surface area contributed by atoms with Crippen LogP contribution in [0.2, 0.25) is 0 Å². The number of carbonyl (C=O) groups is 1. The van der Waals surface area contributed by atoms with E-state index in [1.54, 1.807) is 19.2 Å². The van der Waals surface area contributed by atoms with Crippen LogP contribution in [0, 0.1) is 0 Å². The summed E-state index contributed by atoms with van der Waals surface area (Å²) in [5.74, 6) is -0.852. The number of carboxylic acids is 1. The van der Waals surface area contributed by atoms with Gasteiger partial charge >= 0.3 is 5.97 Å². The highest BCUT2D eigenvalue weighted by molar-refractivity contribution is 7.13. The van der Waals surface area contributed by atoms with E-state index in [1.165, 1.54) is 11.3 Å². The van der Waals surface area contributed by atoms with E-state index in [-0.39, 0.29) is 0 Å². The first kappa shape index (κ1) is 12.0. The zero-order valence-electron chi connectivity index (χ0n) is 9.20. The maximum atomic E-state index is 11.0. The van der Waals surface area contributed by atoms with E-state index in [4.69, 9.17) is 5.11 Å². The molecule has 1 aromatic heterocycles. The Kier molecular flexibility index (Phi) is 3.68. The van der Waals surface area contributed by atoms with E-state index < -0.39 is 11.4 Å². The summed E-state index contributed by atoms with van der Waals surface area (Å²) in [5.41, 5.74) is -0.304. The van der Waals surface area contributed by atoms with Gasteiger partial charge in [-0.15, -0.1) is 11.3 Å². The Hall–Kier alpha value is -1.10. The van der Waals surface area contributed by atoms with E-state index in [9.17, 15) is 4.79 Å². The van der Waals surface area contributed by atoms with Crippen molar-refractivity contribution in [3.05, 3.63) is 11.1 Å². The minimum Gasteiger partial charge on any atom is -0.481 e. The van der Waals surface area contributed by atoms with Crippen molar-refractivity contribution >= 4 is 22.4 Å². The first-order chi connectivity index (χ1) is 6.98. The van der Waals surface area contributed by atoms with Crippen LogP contribution < -0.4 is 5.32 Å². The largest absolute Gasteiger partial charge is 0.481 e. The fourth-order valence-electron chi connectivity index (χ4n) is 0.983. The van der Waals surface area contributed by atoms with Gasteiger partial charge in [0.2, 0.25) is 0 Å².